The van der Waals surface area contributed by atoms with Crippen LogP contribution in [-0.4, -0.2) is 61.7 Å². The van der Waals surface area contributed by atoms with E-state index in [0.29, 0.717) is 31.7 Å². The largest absolute Gasteiger partial charge is 0.340 e. The molecule has 1 aliphatic rings. The van der Waals surface area contributed by atoms with Crippen molar-refractivity contribution >= 4 is 21.7 Å². The number of aryl methyl sites for hydroxylation is 1. The summed E-state index contributed by atoms with van der Waals surface area (Å²) in [5.41, 5.74) is 1.80. The second kappa shape index (κ2) is 7.90. The molecule has 0 radical (unpaired) electrons. The third kappa shape index (κ3) is 4.88. The first-order chi connectivity index (χ1) is 11.3. The molecule has 24 heavy (non-hydrogen) atoms. The molecule has 1 aliphatic heterocycles. The van der Waals surface area contributed by atoms with Crippen LogP contribution in [0, 0.1) is 0 Å². The molecular weight excluding hydrogens is 328 g/mol. The van der Waals surface area contributed by atoms with E-state index >= 15 is 0 Å². The van der Waals surface area contributed by atoms with Crippen LogP contribution in [0.4, 0.5) is 0 Å². The number of rotatable bonds is 6. The third-order valence-corrected chi connectivity index (χ3v) is 5.61. The van der Waals surface area contributed by atoms with Crippen LogP contribution >= 0.6 is 0 Å². The highest BCUT2D eigenvalue weighted by Gasteiger charge is 2.26. The van der Waals surface area contributed by atoms with E-state index in [1.807, 2.05) is 12.1 Å². The molecule has 1 aromatic carbocycles. The number of hydrogen-bond donors (Lipinski definition) is 0. The Morgan fingerprint density at radius 3 is 2.08 bits per heavy atom. The SMILES string of the molecule is CCc1ccc(C(=O)CCC(=O)N2CCN(S(C)(=O)=O)CC2)cc1. The molecule has 0 spiro atoms. The van der Waals surface area contributed by atoms with Gasteiger partial charge in [-0.05, 0) is 12.0 Å². The van der Waals surface area contributed by atoms with E-state index in [1.54, 1.807) is 17.0 Å². The van der Waals surface area contributed by atoms with E-state index in [0.717, 1.165) is 6.42 Å². The summed E-state index contributed by atoms with van der Waals surface area (Å²) in [5.74, 6) is -0.137. The van der Waals surface area contributed by atoms with Gasteiger partial charge in [0.15, 0.2) is 5.78 Å². The number of benzene rings is 1. The number of Topliss-reactive ketones (excluding diaryl/α,β-unsaturated/α-hetero) is 1. The van der Waals surface area contributed by atoms with Gasteiger partial charge in [0, 0.05) is 44.6 Å². The summed E-state index contributed by atoms with van der Waals surface area (Å²) in [5, 5.41) is 0. The van der Waals surface area contributed by atoms with Crippen molar-refractivity contribution in [3.63, 3.8) is 0 Å². The van der Waals surface area contributed by atoms with Gasteiger partial charge in [-0.1, -0.05) is 31.2 Å². The van der Waals surface area contributed by atoms with Crippen LogP contribution in [0.5, 0.6) is 0 Å². The van der Waals surface area contributed by atoms with E-state index in [-0.39, 0.29) is 24.5 Å². The van der Waals surface area contributed by atoms with Crippen LogP contribution in [0.15, 0.2) is 24.3 Å². The molecular formula is C17H24N2O4S. The molecule has 1 heterocycles. The molecule has 0 saturated carbocycles. The lowest BCUT2D eigenvalue weighted by Crippen LogP contribution is -2.50. The van der Waals surface area contributed by atoms with Crippen molar-refractivity contribution in [2.24, 2.45) is 0 Å². The van der Waals surface area contributed by atoms with E-state index in [9.17, 15) is 18.0 Å². The lowest BCUT2D eigenvalue weighted by atomic mass is 10.0. The Balaban J connectivity index is 1.81. The molecule has 0 unspecified atom stereocenters. The van der Waals surface area contributed by atoms with Crippen molar-refractivity contribution < 1.29 is 18.0 Å². The number of nitrogens with zero attached hydrogens (tertiary/aromatic N) is 2. The molecule has 1 saturated heterocycles. The highest BCUT2D eigenvalue weighted by Crippen LogP contribution is 2.12. The molecule has 132 valence electrons. The fraction of sp³-hybridized carbons (Fsp3) is 0.529. The molecule has 7 heteroatoms. The molecule has 0 N–H and O–H groups in total. The van der Waals surface area contributed by atoms with Crippen molar-refractivity contribution in [3.8, 4) is 0 Å². The van der Waals surface area contributed by atoms with Gasteiger partial charge in [-0.15, -0.1) is 0 Å². The van der Waals surface area contributed by atoms with Crippen LogP contribution < -0.4 is 0 Å². The second-order valence-electron chi connectivity index (χ2n) is 6.02. The number of hydrogen-bond acceptors (Lipinski definition) is 4. The molecule has 0 atom stereocenters. The quantitative estimate of drug-likeness (QED) is 0.724. The minimum atomic E-state index is -3.20. The smallest absolute Gasteiger partial charge is 0.223 e. The van der Waals surface area contributed by atoms with Gasteiger partial charge in [-0.25, -0.2) is 8.42 Å². The molecule has 0 aliphatic carbocycles. The van der Waals surface area contributed by atoms with E-state index in [4.69, 9.17) is 0 Å². The third-order valence-electron chi connectivity index (χ3n) is 4.31. The number of amides is 1. The molecule has 0 bridgehead atoms. The van der Waals surface area contributed by atoms with Gasteiger partial charge in [0.25, 0.3) is 0 Å². The number of ketones is 1. The Hall–Kier alpha value is -1.73. The van der Waals surface area contributed by atoms with Gasteiger partial charge >= 0.3 is 0 Å². The maximum atomic E-state index is 12.2. The fourth-order valence-corrected chi connectivity index (χ4v) is 3.54. The lowest BCUT2D eigenvalue weighted by molar-refractivity contribution is -0.132. The topological polar surface area (TPSA) is 74.8 Å². The number of carbonyl (C=O) groups is 2. The predicted octanol–water partition coefficient (Wildman–Crippen LogP) is 1.32. The lowest BCUT2D eigenvalue weighted by Gasteiger charge is -2.33. The minimum Gasteiger partial charge on any atom is -0.340 e. The van der Waals surface area contributed by atoms with Crippen molar-refractivity contribution in [1.82, 2.24) is 9.21 Å². The van der Waals surface area contributed by atoms with Crippen molar-refractivity contribution in [2.75, 3.05) is 32.4 Å². The van der Waals surface area contributed by atoms with Crippen LogP contribution in [0.25, 0.3) is 0 Å². The van der Waals surface area contributed by atoms with Gasteiger partial charge in [0.1, 0.15) is 0 Å². The molecule has 0 aromatic heterocycles. The molecule has 1 aromatic rings. The molecule has 2 rings (SSSR count). The monoisotopic (exact) mass is 352 g/mol. The average Bonchev–Trinajstić information content (AvgIpc) is 2.58. The first-order valence-electron chi connectivity index (χ1n) is 8.16. The van der Waals surface area contributed by atoms with E-state index in [1.165, 1.54) is 16.1 Å². The predicted molar refractivity (Wildman–Crippen MR) is 92.4 cm³/mol. The van der Waals surface area contributed by atoms with Gasteiger partial charge in [0.2, 0.25) is 15.9 Å². The molecule has 1 amide bonds. The Kier molecular flexibility index (Phi) is 6.12. The summed E-state index contributed by atoms with van der Waals surface area (Å²) in [6, 6.07) is 7.46. The first-order valence-corrected chi connectivity index (χ1v) is 10.0. The van der Waals surface area contributed by atoms with Crippen LogP contribution in [0.1, 0.15) is 35.7 Å². The van der Waals surface area contributed by atoms with Gasteiger partial charge in [0.05, 0.1) is 6.26 Å². The van der Waals surface area contributed by atoms with Crippen molar-refractivity contribution in [1.29, 1.82) is 0 Å². The zero-order valence-electron chi connectivity index (χ0n) is 14.2. The van der Waals surface area contributed by atoms with Crippen LogP contribution in [0.3, 0.4) is 0 Å². The zero-order valence-corrected chi connectivity index (χ0v) is 15.0. The van der Waals surface area contributed by atoms with Crippen molar-refractivity contribution in [3.05, 3.63) is 35.4 Å². The normalized spacial score (nSPS) is 16.2. The van der Waals surface area contributed by atoms with Gasteiger partial charge < -0.3 is 4.90 Å². The van der Waals surface area contributed by atoms with E-state index < -0.39 is 10.0 Å². The summed E-state index contributed by atoms with van der Waals surface area (Å²) < 4.78 is 24.3. The first kappa shape index (κ1) is 18.6. The Morgan fingerprint density at radius 2 is 1.58 bits per heavy atom. The number of sulfonamides is 1. The summed E-state index contributed by atoms with van der Waals surface area (Å²) in [6.45, 7) is 3.45. The van der Waals surface area contributed by atoms with Crippen molar-refractivity contribution in [2.45, 2.75) is 26.2 Å². The summed E-state index contributed by atoms with van der Waals surface area (Å²) in [6.07, 6.45) is 2.43. The number of carbonyl (C=O) groups excluding carboxylic acids is 2. The van der Waals surface area contributed by atoms with Gasteiger partial charge in [-0.2, -0.15) is 4.31 Å². The maximum Gasteiger partial charge on any atom is 0.223 e. The fourth-order valence-electron chi connectivity index (χ4n) is 2.72. The highest BCUT2D eigenvalue weighted by atomic mass is 32.2. The summed E-state index contributed by atoms with van der Waals surface area (Å²) in [4.78, 5) is 26.0. The number of piperazine rings is 1. The standard InChI is InChI=1S/C17H24N2O4S/c1-3-14-4-6-15(7-5-14)16(20)8-9-17(21)18-10-12-19(13-11-18)24(2,22)23/h4-7H,3,8-13H2,1-2H3. The second-order valence-corrected chi connectivity index (χ2v) is 8.00. The van der Waals surface area contributed by atoms with E-state index in [2.05, 4.69) is 6.92 Å². The van der Waals surface area contributed by atoms with Crippen LogP contribution in [-0.2, 0) is 21.2 Å². The minimum absolute atomic E-state index is 0.0409. The van der Waals surface area contributed by atoms with Gasteiger partial charge in [-0.3, -0.25) is 9.59 Å². The van der Waals surface area contributed by atoms with Crippen LogP contribution in [0.2, 0.25) is 0 Å². The average molecular weight is 352 g/mol. The summed E-state index contributed by atoms with van der Waals surface area (Å²) >= 11 is 0. The summed E-state index contributed by atoms with van der Waals surface area (Å²) in [7, 11) is -3.20. The highest BCUT2D eigenvalue weighted by molar-refractivity contribution is 7.88. The Morgan fingerprint density at radius 1 is 1.00 bits per heavy atom. The molecule has 1 fully saturated rings. The molecule has 6 nitrogen and oxygen atoms in total. The Labute approximate surface area is 143 Å². The zero-order chi connectivity index (χ0) is 17.7. The Bertz CT molecular complexity index is 690. The maximum absolute atomic E-state index is 12.2.